The standard InChI is InChI=1S/C23H16ClFN2O3/c24-15-5-7-20-17(10-15)19-11-18(13-4-6-21-22(9-13)29-12-28-21)26-27(19)23(30-20)14-2-1-3-16(25)8-14/h1-10,19,23H,11-12H2/t19-,23-/m0/s1. The summed E-state index contributed by atoms with van der Waals surface area (Å²) >= 11 is 6.27. The van der Waals surface area contributed by atoms with Crippen molar-refractivity contribution in [1.82, 2.24) is 5.01 Å². The van der Waals surface area contributed by atoms with Crippen LogP contribution < -0.4 is 14.2 Å². The Morgan fingerprint density at radius 3 is 2.73 bits per heavy atom. The van der Waals surface area contributed by atoms with Crippen molar-refractivity contribution in [2.75, 3.05) is 6.79 Å². The second-order valence-corrected chi connectivity index (χ2v) is 7.86. The van der Waals surface area contributed by atoms with Crippen molar-refractivity contribution >= 4 is 17.3 Å². The van der Waals surface area contributed by atoms with Gasteiger partial charge in [-0.05, 0) is 48.5 Å². The summed E-state index contributed by atoms with van der Waals surface area (Å²) in [5.74, 6) is 1.86. The molecule has 0 N–H and O–H groups in total. The molecule has 0 saturated carbocycles. The monoisotopic (exact) mass is 422 g/mol. The average Bonchev–Trinajstić information content (AvgIpc) is 3.40. The number of rotatable bonds is 2. The number of fused-ring (bicyclic) bond motifs is 4. The molecule has 0 amide bonds. The summed E-state index contributed by atoms with van der Waals surface area (Å²) in [6, 6.07) is 17.7. The van der Waals surface area contributed by atoms with Gasteiger partial charge in [0.15, 0.2) is 11.5 Å². The molecule has 30 heavy (non-hydrogen) atoms. The topological polar surface area (TPSA) is 43.3 Å². The van der Waals surface area contributed by atoms with Crippen LogP contribution >= 0.6 is 11.6 Å². The van der Waals surface area contributed by atoms with Crippen molar-refractivity contribution in [3.8, 4) is 17.2 Å². The van der Waals surface area contributed by atoms with E-state index in [2.05, 4.69) is 0 Å². The molecule has 2 atom stereocenters. The molecule has 0 saturated heterocycles. The quantitative estimate of drug-likeness (QED) is 0.550. The van der Waals surface area contributed by atoms with E-state index in [0.717, 1.165) is 28.3 Å². The van der Waals surface area contributed by atoms with Crippen molar-refractivity contribution in [1.29, 1.82) is 0 Å². The molecule has 5 nitrogen and oxygen atoms in total. The van der Waals surface area contributed by atoms with Crippen molar-refractivity contribution in [3.05, 3.63) is 88.2 Å². The van der Waals surface area contributed by atoms with Crippen LogP contribution in [0.3, 0.4) is 0 Å². The molecular formula is C23H16ClFN2O3. The van der Waals surface area contributed by atoms with E-state index in [1.807, 2.05) is 41.4 Å². The molecular weight excluding hydrogens is 407 g/mol. The van der Waals surface area contributed by atoms with Crippen LogP contribution in [0, 0.1) is 5.82 Å². The molecule has 150 valence electrons. The van der Waals surface area contributed by atoms with Gasteiger partial charge in [0.2, 0.25) is 13.0 Å². The second kappa shape index (κ2) is 6.64. The van der Waals surface area contributed by atoms with E-state index in [0.29, 0.717) is 22.8 Å². The van der Waals surface area contributed by atoms with Gasteiger partial charge in [0.25, 0.3) is 0 Å². The van der Waals surface area contributed by atoms with Crippen molar-refractivity contribution < 1.29 is 18.6 Å². The lowest BCUT2D eigenvalue weighted by atomic mass is 9.95. The molecule has 0 unspecified atom stereocenters. The number of benzene rings is 3. The molecule has 0 aromatic heterocycles. The summed E-state index contributed by atoms with van der Waals surface area (Å²) in [6.45, 7) is 0.224. The summed E-state index contributed by atoms with van der Waals surface area (Å²) in [6.07, 6.45) is 0.133. The fourth-order valence-corrected chi connectivity index (χ4v) is 4.37. The zero-order chi connectivity index (χ0) is 20.2. The maximum atomic E-state index is 13.9. The molecule has 0 radical (unpaired) electrons. The van der Waals surface area contributed by atoms with Gasteiger partial charge in [-0.1, -0.05) is 23.7 Å². The van der Waals surface area contributed by atoms with Crippen LogP contribution in [0.15, 0.2) is 65.8 Å². The highest BCUT2D eigenvalue weighted by atomic mass is 35.5. The average molecular weight is 423 g/mol. The van der Waals surface area contributed by atoms with E-state index < -0.39 is 6.23 Å². The summed E-state index contributed by atoms with van der Waals surface area (Å²) in [5, 5.41) is 7.42. The normalized spacial score (nSPS) is 21.0. The van der Waals surface area contributed by atoms with Gasteiger partial charge in [-0.25, -0.2) is 9.40 Å². The highest BCUT2D eigenvalue weighted by Gasteiger charge is 2.41. The number of hydrogen-bond acceptors (Lipinski definition) is 5. The Bertz CT molecular complexity index is 1200. The predicted molar refractivity (Wildman–Crippen MR) is 110 cm³/mol. The lowest BCUT2D eigenvalue weighted by Crippen LogP contribution is -2.33. The van der Waals surface area contributed by atoms with Crippen LogP contribution in [0.2, 0.25) is 5.02 Å². The third-order valence-electron chi connectivity index (χ3n) is 5.59. The van der Waals surface area contributed by atoms with E-state index in [4.69, 9.17) is 30.9 Å². The minimum Gasteiger partial charge on any atom is -0.464 e. The molecule has 0 spiro atoms. The van der Waals surface area contributed by atoms with E-state index in [1.54, 1.807) is 12.1 Å². The zero-order valence-corrected chi connectivity index (χ0v) is 16.5. The molecule has 0 bridgehead atoms. The molecule has 3 aromatic carbocycles. The summed E-state index contributed by atoms with van der Waals surface area (Å²) in [4.78, 5) is 0. The number of hydrazone groups is 1. The number of halogens is 2. The predicted octanol–water partition coefficient (Wildman–Crippen LogP) is 5.45. The molecule has 0 aliphatic carbocycles. The van der Waals surface area contributed by atoms with E-state index in [1.165, 1.54) is 12.1 Å². The smallest absolute Gasteiger partial charge is 0.231 e. The van der Waals surface area contributed by atoms with Gasteiger partial charge in [-0.3, -0.25) is 0 Å². The number of hydrogen-bond donors (Lipinski definition) is 0. The van der Waals surface area contributed by atoms with Gasteiger partial charge < -0.3 is 14.2 Å². The van der Waals surface area contributed by atoms with Crippen molar-refractivity contribution in [2.45, 2.75) is 18.7 Å². The third kappa shape index (κ3) is 2.79. The zero-order valence-electron chi connectivity index (χ0n) is 15.7. The van der Waals surface area contributed by atoms with Gasteiger partial charge >= 0.3 is 0 Å². The Morgan fingerprint density at radius 2 is 1.83 bits per heavy atom. The van der Waals surface area contributed by atoms with Gasteiger partial charge in [-0.15, -0.1) is 0 Å². The Hall–Kier alpha value is -3.25. The first-order valence-electron chi connectivity index (χ1n) is 9.63. The van der Waals surface area contributed by atoms with Crippen LogP contribution in [0.25, 0.3) is 0 Å². The van der Waals surface area contributed by atoms with Crippen LogP contribution in [-0.4, -0.2) is 17.5 Å². The van der Waals surface area contributed by atoms with E-state index in [9.17, 15) is 4.39 Å². The maximum absolute atomic E-state index is 13.9. The maximum Gasteiger partial charge on any atom is 0.231 e. The minimum absolute atomic E-state index is 0.0684. The van der Waals surface area contributed by atoms with Crippen molar-refractivity contribution in [3.63, 3.8) is 0 Å². The second-order valence-electron chi connectivity index (χ2n) is 7.42. The Morgan fingerprint density at radius 1 is 0.967 bits per heavy atom. The van der Waals surface area contributed by atoms with Gasteiger partial charge in [0, 0.05) is 28.1 Å². The minimum atomic E-state index is -0.536. The molecule has 3 aliphatic rings. The van der Waals surface area contributed by atoms with Crippen LogP contribution in [0.5, 0.6) is 17.2 Å². The molecule has 7 heteroatoms. The van der Waals surface area contributed by atoms with Gasteiger partial charge in [0.1, 0.15) is 11.6 Å². The highest BCUT2D eigenvalue weighted by Crippen LogP contribution is 2.48. The fourth-order valence-electron chi connectivity index (χ4n) is 4.19. The lowest BCUT2D eigenvalue weighted by molar-refractivity contribution is -0.0192. The molecule has 3 aliphatic heterocycles. The van der Waals surface area contributed by atoms with E-state index >= 15 is 0 Å². The first-order valence-corrected chi connectivity index (χ1v) is 10.0. The fraction of sp³-hybridized carbons (Fsp3) is 0.174. The van der Waals surface area contributed by atoms with Crippen LogP contribution in [0.4, 0.5) is 4.39 Å². The molecule has 0 fully saturated rings. The Kier molecular flexibility index (Phi) is 3.89. The number of ether oxygens (including phenoxy) is 3. The molecule has 3 aromatic rings. The molecule has 3 heterocycles. The first-order chi connectivity index (χ1) is 14.7. The van der Waals surface area contributed by atoms with Crippen LogP contribution in [-0.2, 0) is 0 Å². The molecule has 6 rings (SSSR count). The lowest BCUT2D eigenvalue weighted by Gasteiger charge is -2.38. The van der Waals surface area contributed by atoms with Gasteiger partial charge in [0.05, 0.1) is 11.8 Å². The Labute approximate surface area is 177 Å². The summed E-state index contributed by atoms with van der Waals surface area (Å²) < 4.78 is 31.1. The summed E-state index contributed by atoms with van der Waals surface area (Å²) in [5.41, 5.74) is 3.53. The van der Waals surface area contributed by atoms with E-state index in [-0.39, 0.29) is 18.7 Å². The highest BCUT2D eigenvalue weighted by molar-refractivity contribution is 6.30. The third-order valence-corrected chi connectivity index (χ3v) is 5.83. The van der Waals surface area contributed by atoms with Crippen LogP contribution in [0.1, 0.15) is 35.4 Å². The summed E-state index contributed by atoms with van der Waals surface area (Å²) in [7, 11) is 0. The van der Waals surface area contributed by atoms with Gasteiger partial charge in [-0.2, -0.15) is 5.10 Å². The Balaban J connectivity index is 1.44. The first kappa shape index (κ1) is 17.6. The number of nitrogens with zero attached hydrogens (tertiary/aromatic N) is 2. The largest absolute Gasteiger partial charge is 0.464 e. The van der Waals surface area contributed by atoms with Crippen molar-refractivity contribution in [2.24, 2.45) is 5.10 Å². The SMILES string of the molecule is Fc1cccc([C@@H]2Oc3ccc(Cl)cc3[C@@H]3CC(c4ccc5c(c4)OCO5)=NN32)c1.